The molecule has 5 heteroatoms. The number of ketones is 1. The van der Waals surface area contributed by atoms with Crippen molar-refractivity contribution in [1.29, 1.82) is 0 Å². The van der Waals surface area contributed by atoms with Gasteiger partial charge in [0, 0.05) is 11.3 Å². The van der Waals surface area contributed by atoms with Crippen molar-refractivity contribution in [3.8, 4) is 0 Å². The van der Waals surface area contributed by atoms with Crippen molar-refractivity contribution in [1.82, 2.24) is 0 Å². The van der Waals surface area contributed by atoms with Gasteiger partial charge < -0.3 is 14.9 Å². The summed E-state index contributed by atoms with van der Waals surface area (Å²) < 4.78 is 6.68. The Bertz CT molecular complexity index is 956. The quantitative estimate of drug-likeness (QED) is 0.411. The van der Waals surface area contributed by atoms with Crippen molar-refractivity contribution in [3.05, 3.63) is 0 Å². The van der Waals surface area contributed by atoms with E-state index in [0.29, 0.717) is 23.0 Å². The Morgan fingerprint density at radius 2 is 1.57 bits per heavy atom. The van der Waals surface area contributed by atoms with Crippen molar-refractivity contribution in [2.75, 3.05) is 0 Å². The molecule has 1 saturated heterocycles. The Morgan fingerprint density at radius 1 is 0.914 bits per heavy atom. The van der Waals surface area contributed by atoms with Gasteiger partial charge in [-0.2, -0.15) is 0 Å². The van der Waals surface area contributed by atoms with Crippen molar-refractivity contribution in [2.24, 2.45) is 44.8 Å². The first-order valence-electron chi connectivity index (χ1n) is 14.3. The molecule has 6 aliphatic rings. The average Bonchev–Trinajstić information content (AvgIpc) is 3.10. The third-order valence-electron chi connectivity index (χ3n) is 13.5. The molecule has 1 heterocycles. The molecule has 5 aliphatic carbocycles. The van der Waals surface area contributed by atoms with Crippen molar-refractivity contribution >= 4 is 21.7 Å². The van der Waals surface area contributed by atoms with Gasteiger partial charge in [-0.3, -0.25) is 4.79 Å². The Morgan fingerprint density at radius 3 is 2.20 bits per heavy atom. The second kappa shape index (κ2) is 6.96. The molecule has 4 nitrogen and oxygen atoms in total. The largest absolute Gasteiger partial charge is 0.393 e. The zero-order valence-corrected chi connectivity index (χ0v) is 24.5. The smallest absolute Gasteiger partial charge is 0.152 e. The number of aliphatic hydroxyl groups excluding tert-OH is 1. The molecule has 6 fully saturated rings. The van der Waals surface area contributed by atoms with Gasteiger partial charge in [-0.05, 0) is 112 Å². The fourth-order valence-electron chi connectivity index (χ4n) is 11.9. The number of hydrogen-bond donors (Lipinski definition) is 2. The summed E-state index contributed by atoms with van der Waals surface area (Å²) in [6.07, 6.45) is 9.02. The van der Waals surface area contributed by atoms with Crippen molar-refractivity contribution in [3.63, 3.8) is 0 Å². The Kier molecular flexibility index (Phi) is 5.04. The molecule has 11 atom stereocenters. The van der Waals surface area contributed by atoms with E-state index in [4.69, 9.17) is 4.74 Å². The first-order valence-corrected chi connectivity index (χ1v) is 15.2. The summed E-state index contributed by atoms with van der Waals surface area (Å²) in [5.41, 5.74) is -0.827. The predicted molar refractivity (Wildman–Crippen MR) is 140 cm³/mol. The molecule has 6 rings (SSSR count). The van der Waals surface area contributed by atoms with Crippen LogP contribution >= 0.6 is 15.9 Å². The van der Waals surface area contributed by atoms with E-state index in [2.05, 4.69) is 50.5 Å². The molecule has 0 aromatic rings. The Labute approximate surface area is 220 Å². The maximum atomic E-state index is 13.2. The molecule has 0 bridgehead atoms. The van der Waals surface area contributed by atoms with Crippen LogP contribution in [-0.2, 0) is 9.53 Å². The highest BCUT2D eigenvalue weighted by Crippen LogP contribution is 2.89. The first kappa shape index (κ1) is 25.3. The number of hydrogen-bond acceptors (Lipinski definition) is 4. The summed E-state index contributed by atoms with van der Waals surface area (Å²) in [5.74, 6) is 1.59. The maximum absolute atomic E-state index is 13.2. The van der Waals surface area contributed by atoms with Crippen LogP contribution in [0.5, 0.6) is 0 Å². The number of fused-ring (bicyclic) bond motifs is 2. The second-order valence-electron chi connectivity index (χ2n) is 15.6. The molecular weight excluding hydrogens is 504 g/mol. The van der Waals surface area contributed by atoms with Gasteiger partial charge in [0.05, 0.1) is 28.2 Å². The van der Waals surface area contributed by atoms with Crippen LogP contribution in [0, 0.1) is 44.8 Å². The highest BCUT2D eigenvalue weighted by atomic mass is 79.9. The van der Waals surface area contributed by atoms with Crippen LogP contribution < -0.4 is 0 Å². The van der Waals surface area contributed by atoms with Crippen LogP contribution in [0.4, 0.5) is 0 Å². The summed E-state index contributed by atoms with van der Waals surface area (Å²) in [6.45, 7) is 15.3. The summed E-state index contributed by atoms with van der Waals surface area (Å²) in [5, 5.41) is 22.4. The molecular formula is C30H47BrO4. The minimum absolute atomic E-state index is 0.00992. The van der Waals surface area contributed by atoms with E-state index in [1.165, 1.54) is 19.3 Å². The van der Waals surface area contributed by atoms with E-state index < -0.39 is 11.2 Å². The lowest BCUT2D eigenvalue weighted by Crippen LogP contribution is -2.60. The number of alkyl halides is 1. The Hall–Kier alpha value is 0.0300. The topological polar surface area (TPSA) is 66.8 Å². The molecule has 0 aromatic carbocycles. The highest BCUT2D eigenvalue weighted by Gasteiger charge is 2.84. The van der Waals surface area contributed by atoms with Crippen LogP contribution in [0.25, 0.3) is 0 Å². The predicted octanol–water partition coefficient (Wildman–Crippen LogP) is 6.05. The zero-order valence-electron chi connectivity index (χ0n) is 22.9. The molecule has 0 radical (unpaired) electrons. The average molecular weight is 552 g/mol. The van der Waals surface area contributed by atoms with Gasteiger partial charge in [0.2, 0.25) is 0 Å². The highest BCUT2D eigenvalue weighted by molar-refractivity contribution is 9.10. The third kappa shape index (κ3) is 2.83. The zero-order chi connectivity index (χ0) is 25.6. The van der Waals surface area contributed by atoms with Crippen molar-refractivity contribution in [2.45, 2.75) is 134 Å². The van der Waals surface area contributed by atoms with Crippen molar-refractivity contribution < 1.29 is 19.7 Å². The molecule has 2 spiro atoms. The molecule has 1 aliphatic heterocycles. The molecule has 0 amide bonds. The summed E-state index contributed by atoms with van der Waals surface area (Å²) in [7, 11) is 0. The van der Waals surface area contributed by atoms with Gasteiger partial charge in [-0.1, -0.05) is 43.6 Å². The molecule has 35 heavy (non-hydrogen) atoms. The number of aliphatic hydroxyl groups is 2. The molecule has 3 unspecified atom stereocenters. The normalized spacial score (nSPS) is 58.9. The number of Topliss-reactive ketones (excluding diaryl/α,β-unsaturated/α-hetero) is 1. The van der Waals surface area contributed by atoms with Gasteiger partial charge in [0.15, 0.2) is 5.78 Å². The van der Waals surface area contributed by atoms with Gasteiger partial charge in [-0.25, -0.2) is 0 Å². The minimum atomic E-state index is -0.863. The van der Waals surface area contributed by atoms with E-state index in [-0.39, 0.29) is 44.6 Å². The van der Waals surface area contributed by atoms with Crippen LogP contribution in [0.2, 0.25) is 0 Å². The molecule has 198 valence electrons. The van der Waals surface area contributed by atoms with Gasteiger partial charge in [0.1, 0.15) is 0 Å². The molecule has 5 saturated carbocycles. The Balaban J connectivity index is 1.35. The first-order chi connectivity index (χ1) is 16.0. The minimum Gasteiger partial charge on any atom is -0.393 e. The lowest BCUT2D eigenvalue weighted by atomic mass is 9.41. The van der Waals surface area contributed by atoms with E-state index in [0.717, 1.165) is 38.5 Å². The van der Waals surface area contributed by atoms with Gasteiger partial charge in [-0.15, -0.1) is 0 Å². The molecule has 0 aromatic heterocycles. The lowest BCUT2D eigenvalue weighted by Gasteiger charge is -2.63. The number of halogens is 1. The fraction of sp³-hybridized carbons (Fsp3) is 0.967. The van der Waals surface area contributed by atoms with Crippen LogP contribution in [0.1, 0.15) is 106 Å². The maximum Gasteiger partial charge on any atom is 0.152 e. The summed E-state index contributed by atoms with van der Waals surface area (Å²) in [6, 6.07) is 0. The lowest BCUT2D eigenvalue weighted by molar-refractivity contribution is -0.192. The van der Waals surface area contributed by atoms with Crippen LogP contribution in [0.15, 0.2) is 0 Å². The van der Waals surface area contributed by atoms with Crippen LogP contribution in [0.3, 0.4) is 0 Å². The number of carbonyl (C=O) groups excluding carboxylic acids is 1. The van der Waals surface area contributed by atoms with Crippen LogP contribution in [-0.4, -0.2) is 44.2 Å². The fourth-order valence-corrected chi connectivity index (χ4v) is 13.1. The number of ether oxygens (including phenoxy) is 1. The SMILES string of the molecule is CC1(C)C(=O)[C@H](Br)C[C@]23C[C@]24CC[C@]2(C)C([C@]5(C)CC[C@H](C(C)(C)O)O5)[C@@H](O)C[C@@]2(C)C4CCC13. The van der Waals surface area contributed by atoms with Gasteiger partial charge in [0.25, 0.3) is 0 Å². The number of rotatable bonds is 2. The van der Waals surface area contributed by atoms with E-state index in [9.17, 15) is 15.0 Å². The summed E-state index contributed by atoms with van der Waals surface area (Å²) >= 11 is 3.81. The van der Waals surface area contributed by atoms with E-state index >= 15 is 0 Å². The van der Waals surface area contributed by atoms with Gasteiger partial charge >= 0.3 is 0 Å². The third-order valence-corrected chi connectivity index (χ3v) is 14.3. The van der Waals surface area contributed by atoms with E-state index in [1.54, 1.807) is 0 Å². The molecule has 2 N–H and O–H groups in total. The standard InChI is InChI=1S/C30H47BrO4/c1-24(2)19-8-9-20-27(6)15-18(32)22(28(7)11-10-21(35-28)25(3,4)34)26(27,5)12-13-29(20)16-30(19,29)14-17(31)23(24)33/h17-22,32,34H,8-16H2,1-7H3/t17-,18+,19?,20?,21-,22?,26-,27+,28+,29+,30-/m1/s1. The summed E-state index contributed by atoms with van der Waals surface area (Å²) in [4.78, 5) is 13.2. The monoisotopic (exact) mass is 550 g/mol. The number of carbonyl (C=O) groups is 1. The van der Waals surface area contributed by atoms with E-state index in [1.807, 2.05) is 13.8 Å². The second-order valence-corrected chi connectivity index (χ2v) is 16.7.